The highest BCUT2D eigenvalue weighted by atomic mass is 32.1. The number of methoxy groups -OCH3 is 2. The van der Waals surface area contributed by atoms with Gasteiger partial charge in [0.05, 0.1) is 122 Å². The predicted octanol–water partition coefficient (Wildman–Crippen LogP) is 4.48. The number of thiazole rings is 1. The molecular weight excluding hydrogens is 1010 g/mol. The van der Waals surface area contributed by atoms with E-state index in [1.54, 1.807) is 32.4 Å². The van der Waals surface area contributed by atoms with Crippen LogP contribution in [-0.4, -0.2) is 194 Å². The van der Waals surface area contributed by atoms with Crippen molar-refractivity contribution < 1.29 is 61.9 Å². The van der Waals surface area contributed by atoms with Crippen molar-refractivity contribution >= 4 is 40.9 Å². The fourth-order valence-corrected chi connectivity index (χ4v) is 10.9. The van der Waals surface area contributed by atoms with Gasteiger partial charge in [-0.1, -0.05) is 84.2 Å². The third kappa shape index (κ3) is 21.4. The molecule has 1 saturated heterocycles. The van der Waals surface area contributed by atoms with Crippen molar-refractivity contribution in [3.8, 4) is 0 Å². The topological polar surface area (TPSA) is 241 Å². The molecule has 1 aliphatic carbocycles. The molecule has 1 aromatic carbocycles. The van der Waals surface area contributed by atoms with Gasteiger partial charge in [0.2, 0.25) is 29.5 Å². The highest BCUT2D eigenvalue weighted by molar-refractivity contribution is 7.09. The molecule has 77 heavy (non-hydrogen) atoms. The third-order valence-electron chi connectivity index (χ3n) is 14.7. The Labute approximate surface area is 462 Å². The number of likely N-dealkylation sites (tertiary alicyclic amines) is 1. The van der Waals surface area contributed by atoms with Crippen LogP contribution in [0.25, 0.3) is 0 Å². The number of nitrogens with zero attached hydrogens (tertiary/aromatic N) is 3. The monoisotopic (exact) mass is 1100 g/mol. The molecule has 2 heterocycles. The molecule has 5 N–H and O–H groups in total. The molecule has 5 amide bonds. The Bertz CT molecular complexity index is 1980. The van der Waals surface area contributed by atoms with Crippen LogP contribution < -0.4 is 21.7 Å². The van der Waals surface area contributed by atoms with Crippen LogP contribution in [0.1, 0.15) is 109 Å². The second-order valence-corrected chi connectivity index (χ2v) is 21.4. The lowest BCUT2D eigenvalue weighted by molar-refractivity contribution is -0.148. The normalized spacial score (nSPS) is 18.1. The Kier molecular flexibility index (Phi) is 30.7. The molecule has 2 aliphatic rings. The van der Waals surface area contributed by atoms with E-state index in [1.165, 1.54) is 11.3 Å². The van der Waals surface area contributed by atoms with Gasteiger partial charge in [0.15, 0.2) is 0 Å². The van der Waals surface area contributed by atoms with Gasteiger partial charge in [-0.25, -0.2) is 4.98 Å². The zero-order valence-corrected chi connectivity index (χ0v) is 48.2. The first-order valence-electron chi connectivity index (χ1n) is 27.9. The Balaban J connectivity index is 1.27. The minimum atomic E-state index is -1.17. The first-order valence-corrected chi connectivity index (χ1v) is 28.7. The number of likely N-dealkylation sites (N-methyl/N-ethyl adjacent to an activating group) is 1. The largest absolute Gasteiger partial charge is 0.379 e. The van der Waals surface area contributed by atoms with E-state index in [2.05, 4.69) is 20.9 Å². The van der Waals surface area contributed by atoms with Crippen molar-refractivity contribution in [1.29, 1.82) is 0 Å². The number of carbonyl (C=O) groups is 5. The molecule has 0 radical (unpaired) electrons. The molecule has 2 fully saturated rings. The van der Waals surface area contributed by atoms with Crippen LogP contribution in [-0.2, 0) is 68.3 Å². The number of aromatic nitrogens is 1. The van der Waals surface area contributed by atoms with Gasteiger partial charge in [-0.05, 0) is 49.5 Å². The highest BCUT2D eigenvalue weighted by Crippen LogP contribution is 2.33. The predicted molar refractivity (Wildman–Crippen MR) is 294 cm³/mol. The number of hydrogen-bond acceptors (Lipinski definition) is 16. The Morgan fingerprint density at radius 1 is 0.805 bits per heavy atom. The van der Waals surface area contributed by atoms with Crippen molar-refractivity contribution in [2.75, 3.05) is 114 Å². The summed E-state index contributed by atoms with van der Waals surface area (Å²) >= 11 is 1.49. The van der Waals surface area contributed by atoms with Crippen LogP contribution in [0.4, 0.5) is 0 Å². The van der Waals surface area contributed by atoms with E-state index in [0.29, 0.717) is 118 Å². The van der Waals surface area contributed by atoms with Crippen molar-refractivity contribution in [3.05, 3.63) is 52.5 Å². The summed E-state index contributed by atoms with van der Waals surface area (Å²) < 4.78 is 45.1. The molecule has 0 spiro atoms. The maximum absolute atomic E-state index is 14.7. The van der Waals surface area contributed by atoms with Gasteiger partial charge in [0.25, 0.3) is 0 Å². The summed E-state index contributed by atoms with van der Waals surface area (Å²) in [6, 6.07) is 7.82. The molecule has 4 rings (SSSR count). The van der Waals surface area contributed by atoms with Crippen molar-refractivity contribution in [2.24, 2.45) is 23.5 Å². The molecular formula is C56H93N7O13S. The molecule has 21 heteroatoms. The first-order chi connectivity index (χ1) is 37.2. The van der Waals surface area contributed by atoms with E-state index >= 15 is 0 Å². The fraction of sp³-hybridized carbons (Fsp3) is 0.750. The van der Waals surface area contributed by atoms with Crippen LogP contribution >= 0.6 is 11.3 Å². The fourth-order valence-electron chi connectivity index (χ4n) is 10.2. The van der Waals surface area contributed by atoms with Crippen LogP contribution in [0.15, 0.2) is 41.9 Å². The number of rotatable bonds is 40. The Hall–Kier alpha value is -4.16. The molecule has 1 saturated carbocycles. The van der Waals surface area contributed by atoms with Crippen LogP contribution in [0, 0.1) is 17.8 Å². The number of amides is 5. The molecule has 1 aliphatic heterocycles. The van der Waals surface area contributed by atoms with Crippen molar-refractivity contribution in [2.45, 2.75) is 141 Å². The number of nitrogens with two attached hydrogens (primary N) is 1. The maximum Gasteiger partial charge on any atom is 0.246 e. The molecule has 1 aromatic heterocycles. The molecule has 0 bridgehead atoms. The second kappa shape index (κ2) is 36.2. The number of carbonyl (C=O) groups excluding carboxylic acids is 5. The van der Waals surface area contributed by atoms with Gasteiger partial charge in [0, 0.05) is 52.4 Å². The highest BCUT2D eigenvalue weighted by Gasteiger charge is 2.46. The number of benzene rings is 1. The van der Waals surface area contributed by atoms with E-state index < -0.39 is 41.7 Å². The molecule has 8 atom stereocenters. The van der Waals surface area contributed by atoms with Crippen LogP contribution in [0.5, 0.6) is 0 Å². The molecule has 0 unspecified atom stereocenters. The standard InChI is InChI=1S/C56H93N7O13S/c1-9-41(4)50(46(69-7)39-48(65)63-24-15-18-45(63)51(70-8)42(5)52(66)59-44(53-58-23-37-77-53)38-43-16-11-10-12-17-43)62(6)54(67)49(40(2)3)60-55(68)56(20-13-14-21-56)61-47(64)19-25-71-27-29-73-31-33-75-35-36-76-34-32-74-30-28-72-26-22-57/h10-12,16-17,23,37,40-42,44-46,49-51H,9,13-15,18-22,24-36,38-39,57H2,1-8H3,(H,59,66)(H,60,68)(H,61,64)/t41-,42+,44-,45-,46+,49-,50-,51+/m0/s1. The lowest BCUT2D eigenvalue weighted by Gasteiger charge is -2.41. The number of ether oxygens (including phenoxy) is 8. The zero-order valence-electron chi connectivity index (χ0n) is 47.3. The van der Waals surface area contributed by atoms with Gasteiger partial charge in [-0.15, -0.1) is 11.3 Å². The van der Waals surface area contributed by atoms with E-state index in [4.69, 9.17) is 43.6 Å². The molecule has 2 aromatic rings. The average Bonchev–Trinajstić information content (AvgIpc) is 4.26. The first kappa shape index (κ1) is 65.4. The minimum absolute atomic E-state index is 0.0122. The number of hydrogen-bond donors (Lipinski definition) is 4. The summed E-state index contributed by atoms with van der Waals surface area (Å²) in [5.41, 5.74) is 5.28. The summed E-state index contributed by atoms with van der Waals surface area (Å²) in [4.78, 5) is 78.9. The second-order valence-electron chi connectivity index (χ2n) is 20.5. The minimum Gasteiger partial charge on any atom is -0.379 e. The summed E-state index contributed by atoms with van der Waals surface area (Å²) in [7, 11) is 4.85. The average molecular weight is 1100 g/mol. The van der Waals surface area contributed by atoms with Crippen LogP contribution in [0.2, 0.25) is 0 Å². The molecule has 436 valence electrons. The summed E-state index contributed by atoms with van der Waals surface area (Å²) in [6.45, 7) is 15.6. The van der Waals surface area contributed by atoms with Gasteiger partial charge >= 0.3 is 0 Å². The Morgan fingerprint density at radius 3 is 1.91 bits per heavy atom. The van der Waals surface area contributed by atoms with E-state index in [0.717, 1.165) is 29.8 Å². The van der Waals surface area contributed by atoms with Crippen LogP contribution in [0.3, 0.4) is 0 Å². The van der Waals surface area contributed by atoms with Gasteiger partial charge < -0.3 is 69.4 Å². The van der Waals surface area contributed by atoms with Crippen molar-refractivity contribution in [3.63, 3.8) is 0 Å². The third-order valence-corrected chi connectivity index (χ3v) is 15.6. The molecule has 20 nitrogen and oxygen atoms in total. The van der Waals surface area contributed by atoms with E-state index in [9.17, 15) is 24.0 Å². The van der Waals surface area contributed by atoms with E-state index in [1.807, 2.05) is 75.2 Å². The van der Waals surface area contributed by atoms with Gasteiger partial charge in [-0.3, -0.25) is 24.0 Å². The quantitative estimate of drug-likeness (QED) is 0.0673. The van der Waals surface area contributed by atoms with Gasteiger partial charge in [0.1, 0.15) is 16.6 Å². The summed E-state index contributed by atoms with van der Waals surface area (Å²) in [5.74, 6) is -2.36. The van der Waals surface area contributed by atoms with Gasteiger partial charge in [-0.2, -0.15) is 0 Å². The summed E-state index contributed by atoms with van der Waals surface area (Å²) in [6.07, 6.45) is 5.55. The summed E-state index contributed by atoms with van der Waals surface area (Å²) in [5, 5.41) is 12.0. The van der Waals surface area contributed by atoms with Crippen molar-refractivity contribution in [1.82, 2.24) is 30.7 Å². The Morgan fingerprint density at radius 2 is 1.39 bits per heavy atom. The lowest BCUT2D eigenvalue weighted by Crippen LogP contribution is -2.63. The maximum atomic E-state index is 14.7. The smallest absolute Gasteiger partial charge is 0.246 e. The lowest BCUT2D eigenvalue weighted by atomic mass is 9.89. The van der Waals surface area contributed by atoms with E-state index in [-0.39, 0.29) is 67.0 Å². The number of nitrogens with one attached hydrogen (secondary N) is 3. The SMILES string of the molecule is CC[C@H](C)[C@@H]([C@@H](CC(=O)N1CCC[C@H]1[C@H](OC)[C@@H](C)C(=O)N[C@@H](Cc1ccccc1)c1nccs1)OC)N(C)C(=O)[C@@H](NC(=O)C1(NC(=O)CCOCCOCCOCCOCCOCCOCCN)CCCC1)C(C)C. The zero-order chi connectivity index (χ0) is 56.0.